The number of nitrogens with two attached hydrogens (primary N) is 1. The lowest BCUT2D eigenvalue weighted by Gasteiger charge is -2.28. The number of halogens is 1. The average Bonchev–Trinajstić information content (AvgIpc) is 3.65. The first-order valence-corrected chi connectivity index (χ1v) is 17.8. The molecule has 0 fully saturated rings. The zero-order chi connectivity index (χ0) is 29.2. The van der Waals surface area contributed by atoms with Crippen molar-refractivity contribution in [2.24, 2.45) is 0 Å². The van der Waals surface area contributed by atoms with Crippen molar-refractivity contribution in [2.75, 3.05) is 18.7 Å². The number of imidazole rings is 1. The number of nitrogen functional groups attached to an aromatic ring is 1. The van der Waals surface area contributed by atoms with Crippen LogP contribution in [0.3, 0.4) is 0 Å². The van der Waals surface area contributed by atoms with Crippen molar-refractivity contribution in [3.05, 3.63) is 113 Å². The Morgan fingerprint density at radius 2 is 1.40 bits per heavy atom. The van der Waals surface area contributed by atoms with Gasteiger partial charge in [0.05, 0.1) is 6.16 Å². The van der Waals surface area contributed by atoms with Gasteiger partial charge in [0.1, 0.15) is 29.5 Å². The van der Waals surface area contributed by atoms with Gasteiger partial charge in [0, 0.05) is 21.4 Å². The minimum Gasteiger partial charge on any atom is -0.454 e. The van der Waals surface area contributed by atoms with Gasteiger partial charge < -0.3 is 19.8 Å². The van der Waals surface area contributed by atoms with Gasteiger partial charge in [0.15, 0.2) is 33.6 Å². The maximum absolute atomic E-state index is 6.29. The molecular formula is C33H28IN5O2PS+. The van der Waals surface area contributed by atoms with E-state index in [0.717, 1.165) is 49.9 Å². The van der Waals surface area contributed by atoms with Gasteiger partial charge in [-0.1, -0.05) is 66.4 Å². The standard InChI is InChI=1S/C33H28IN5O2PS/c34-26-19-27-28(41-22-40-27)20-29(26)43-33-38-30-31(35)36-21-37-32(30)39(33)17-10-18-42(23-11-4-1-5-12-23,24-13-6-2-7-14-24)25-15-8-3-9-16-25/h1-9,11-16,19-21H,10,17-18,22H2,(H2,35,36,37)/q+1. The third-order valence-corrected chi connectivity index (χ3v) is 14.5. The first-order chi connectivity index (χ1) is 21.1. The van der Waals surface area contributed by atoms with E-state index in [1.54, 1.807) is 11.8 Å². The molecule has 7 rings (SSSR count). The molecule has 0 aliphatic carbocycles. The van der Waals surface area contributed by atoms with E-state index in [1.807, 2.05) is 12.1 Å². The monoisotopic (exact) mass is 716 g/mol. The normalized spacial score (nSPS) is 12.6. The molecule has 2 aromatic heterocycles. The molecule has 0 atom stereocenters. The minimum absolute atomic E-state index is 0.235. The van der Waals surface area contributed by atoms with Crippen LogP contribution in [0.2, 0.25) is 0 Å². The number of aromatic nitrogens is 4. The molecule has 0 bridgehead atoms. The molecule has 1 aliphatic rings. The maximum Gasteiger partial charge on any atom is 0.231 e. The van der Waals surface area contributed by atoms with E-state index in [-0.39, 0.29) is 6.79 Å². The van der Waals surface area contributed by atoms with Gasteiger partial charge in [-0.05, 0) is 71.1 Å². The second-order valence-electron chi connectivity index (χ2n) is 10.1. The second kappa shape index (κ2) is 12.1. The Balaban J connectivity index is 1.28. The molecule has 10 heteroatoms. The Morgan fingerprint density at radius 1 is 0.814 bits per heavy atom. The number of fused-ring (bicyclic) bond motifs is 2. The number of rotatable bonds is 9. The molecule has 0 saturated heterocycles. The molecule has 6 aromatic rings. The second-order valence-corrected chi connectivity index (χ2v) is 15.9. The highest BCUT2D eigenvalue weighted by Crippen LogP contribution is 2.56. The number of hydrogen-bond donors (Lipinski definition) is 1. The van der Waals surface area contributed by atoms with Crippen LogP contribution in [0.15, 0.2) is 120 Å². The van der Waals surface area contributed by atoms with Gasteiger partial charge >= 0.3 is 0 Å². The van der Waals surface area contributed by atoms with Gasteiger partial charge in [0.2, 0.25) is 6.79 Å². The van der Waals surface area contributed by atoms with E-state index in [4.69, 9.17) is 20.2 Å². The molecule has 4 aromatic carbocycles. The van der Waals surface area contributed by atoms with Crippen LogP contribution < -0.4 is 31.1 Å². The fourth-order valence-electron chi connectivity index (χ4n) is 5.64. The third kappa shape index (κ3) is 5.34. The van der Waals surface area contributed by atoms with Gasteiger partial charge in [-0.25, -0.2) is 15.0 Å². The van der Waals surface area contributed by atoms with E-state index >= 15 is 0 Å². The number of ether oxygens (including phenoxy) is 2. The van der Waals surface area contributed by atoms with Crippen LogP contribution in [-0.2, 0) is 6.54 Å². The lowest BCUT2D eigenvalue weighted by molar-refractivity contribution is 0.174. The Hall–Kier alpha value is -3.66. The van der Waals surface area contributed by atoms with E-state index in [1.165, 1.54) is 22.2 Å². The van der Waals surface area contributed by atoms with Crippen LogP contribution in [0.5, 0.6) is 11.5 Å². The highest BCUT2D eigenvalue weighted by atomic mass is 127. The summed E-state index contributed by atoms with van der Waals surface area (Å²) >= 11 is 3.92. The fourth-order valence-corrected chi connectivity index (χ4v) is 11.7. The summed E-state index contributed by atoms with van der Waals surface area (Å²) in [5.74, 6) is 1.89. The minimum atomic E-state index is -1.97. The van der Waals surface area contributed by atoms with E-state index in [0.29, 0.717) is 11.3 Å². The van der Waals surface area contributed by atoms with Crippen molar-refractivity contribution in [3.63, 3.8) is 0 Å². The van der Waals surface area contributed by atoms with Gasteiger partial charge in [-0.15, -0.1) is 0 Å². The molecule has 0 spiro atoms. The maximum atomic E-state index is 6.29. The van der Waals surface area contributed by atoms with Gasteiger partial charge in [-0.2, -0.15) is 0 Å². The highest BCUT2D eigenvalue weighted by Gasteiger charge is 2.44. The fraction of sp³-hybridized carbons (Fsp3) is 0.121. The predicted octanol–water partition coefficient (Wildman–Crippen LogP) is 6.28. The molecule has 7 nitrogen and oxygen atoms in total. The first-order valence-electron chi connectivity index (χ1n) is 13.9. The van der Waals surface area contributed by atoms with Crippen LogP contribution in [-0.4, -0.2) is 32.5 Å². The quantitative estimate of drug-likeness (QED) is 0.139. The smallest absolute Gasteiger partial charge is 0.231 e. The molecule has 0 radical (unpaired) electrons. The Bertz CT molecular complexity index is 1790. The van der Waals surface area contributed by atoms with E-state index in [2.05, 4.69) is 128 Å². The Morgan fingerprint density at radius 3 is 2.00 bits per heavy atom. The number of anilines is 1. The summed E-state index contributed by atoms with van der Waals surface area (Å²) in [6, 6.07) is 37.0. The molecule has 43 heavy (non-hydrogen) atoms. The summed E-state index contributed by atoms with van der Waals surface area (Å²) in [6.45, 7) is 0.962. The zero-order valence-electron chi connectivity index (χ0n) is 23.1. The molecular weight excluding hydrogens is 688 g/mol. The molecule has 1 aliphatic heterocycles. The van der Waals surface area contributed by atoms with Crippen molar-refractivity contribution in [2.45, 2.75) is 23.0 Å². The summed E-state index contributed by atoms with van der Waals surface area (Å²) in [5, 5.41) is 4.94. The van der Waals surface area contributed by atoms with Crippen molar-refractivity contribution >= 4 is 74.5 Å². The van der Waals surface area contributed by atoms with Crippen LogP contribution in [0.25, 0.3) is 11.2 Å². The van der Waals surface area contributed by atoms with Gasteiger partial charge in [0.25, 0.3) is 0 Å². The zero-order valence-corrected chi connectivity index (χ0v) is 27.0. The third-order valence-electron chi connectivity index (χ3n) is 7.62. The first kappa shape index (κ1) is 28.1. The summed E-state index contributed by atoms with van der Waals surface area (Å²) in [4.78, 5) is 14.8. The molecule has 0 saturated carbocycles. The number of benzene rings is 4. The average molecular weight is 717 g/mol. The van der Waals surface area contributed by atoms with Crippen LogP contribution in [0.1, 0.15) is 6.42 Å². The Kier molecular flexibility index (Phi) is 7.95. The van der Waals surface area contributed by atoms with Crippen molar-refractivity contribution in [3.8, 4) is 11.5 Å². The molecule has 2 N–H and O–H groups in total. The largest absolute Gasteiger partial charge is 0.454 e. The molecule has 0 amide bonds. The predicted molar refractivity (Wildman–Crippen MR) is 184 cm³/mol. The topological polar surface area (TPSA) is 88.1 Å². The van der Waals surface area contributed by atoms with E-state index in [9.17, 15) is 0 Å². The number of nitrogens with zero attached hydrogens (tertiary/aromatic N) is 4. The number of hydrogen-bond acceptors (Lipinski definition) is 7. The number of aryl methyl sites for hydroxylation is 1. The molecule has 214 valence electrons. The summed E-state index contributed by atoms with van der Waals surface area (Å²) in [7, 11) is -1.97. The summed E-state index contributed by atoms with van der Waals surface area (Å²) in [5.41, 5.74) is 7.66. The van der Waals surface area contributed by atoms with Crippen molar-refractivity contribution in [1.82, 2.24) is 19.5 Å². The van der Waals surface area contributed by atoms with Crippen molar-refractivity contribution < 1.29 is 9.47 Å². The van der Waals surface area contributed by atoms with E-state index < -0.39 is 7.26 Å². The summed E-state index contributed by atoms with van der Waals surface area (Å²) in [6.07, 6.45) is 3.41. The van der Waals surface area contributed by atoms with Crippen LogP contribution >= 0.6 is 41.6 Å². The SMILES string of the molecule is Nc1ncnc2c1nc(Sc1cc3c(cc1I)OCO3)n2CCC[P+](c1ccccc1)(c1ccccc1)c1ccccc1. The summed E-state index contributed by atoms with van der Waals surface area (Å²) < 4.78 is 14.5. The van der Waals surface area contributed by atoms with Gasteiger partial charge in [-0.3, -0.25) is 0 Å². The Labute approximate surface area is 268 Å². The highest BCUT2D eigenvalue weighted by molar-refractivity contribution is 14.1. The lowest BCUT2D eigenvalue weighted by atomic mass is 10.3. The van der Waals surface area contributed by atoms with Crippen LogP contribution in [0, 0.1) is 3.57 Å². The lowest BCUT2D eigenvalue weighted by Crippen LogP contribution is -2.33. The van der Waals surface area contributed by atoms with Crippen molar-refractivity contribution in [1.29, 1.82) is 0 Å². The molecule has 0 unspecified atom stereocenters. The molecule has 3 heterocycles. The van der Waals surface area contributed by atoms with Crippen LogP contribution in [0.4, 0.5) is 5.82 Å².